The second kappa shape index (κ2) is 5.85. The number of nitrogens with zero attached hydrogens (tertiary/aromatic N) is 2. The van der Waals surface area contributed by atoms with Crippen LogP contribution in [0, 0.1) is 0 Å². The maximum Gasteiger partial charge on any atom is 0.333 e. The molecule has 1 saturated heterocycles. The summed E-state index contributed by atoms with van der Waals surface area (Å²) in [4.78, 5) is 23.6. The number of rotatable bonds is 4. The molecule has 1 aromatic rings. The van der Waals surface area contributed by atoms with Crippen LogP contribution in [0.1, 0.15) is 6.23 Å². The Hall–Kier alpha value is -1.52. The van der Waals surface area contributed by atoms with E-state index in [4.69, 9.17) is 14.9 Å². The lowest BCUT2D eigenvalue weighted by atomic mass is 10.1. The molecular weight excluding hydrogens is 272 g/mol. The minimum Gasteiger partial charge on any atom is -0.395 e. The maximum absolute atomic E-state index is 12.1. The van der Waals surface area contributed by atoms with E-state index >= 15 is 0 Å². The molecule has 0 amide bonds. The molecule has 2 rings (SSSR count). The Bertz CT molecular complexity index is 581. The molecule has 4 atom stereocenters. The minimum atomic E-state index is -1.41. The fourth-order valence-corrected chi connectivity index (χ4v) is 2.14. The van der Waals surface area contributed by atoms with Crippen LogP contribution in [0.15, 0.2) is 21.9 Å². The summed E-state index contributed by atoms with van der Waals surface area (Å²) in [5.41, 5.74) is -1.37. The summed E-state index contributed by atoms with van der Waals surface area (Å²) in [5, 5.41) is 37.3. The standard InChI is InChI=1S/C11H16N2O7/c14-4-3-12-7(16)1-2-13(11(12)19)10-9(18)8(17)6(5-15)20-10/h1-2,6,8-10,14-15,17-18H,3-5H2/t6-,8?,9?,10-/m0/s1. The summed E-state index contributed by atoms with van der Waals surface area (Å²) >= 11 is 0. The average molecular weight is 288 g/mol. The molecule has 0 aliphatic carbocycles. The Kier molecular flexibility index (Phi) is 4.35. The highest BCUT2D eigenvalue weighted by molar-refractivity contribution is 4.94. The summed E-state index contributed by atoms with van der Waals surface area (Å²) in [7, 11) is 0. The zero-order valence-corrected chi connectivity index (χ0v) is 10.5. The molecule has 0 aromatic carbocycles. The van der Waals surface area contributed by atoms with Gasteiger partial charge in [0.2, 0.25) is 0 Å². The van der Waals surface area contributed by atoms with Crippen molar-refractivity contribution in [3.8, 4) is 0 Å². The van der Waals surface area contributed by atoms with Gasteiger partial charge in [-0.1, -0.05) is 0 Å². The van der Waals surface area contributed by atoms with E-state index in [0.717, 1.165) is 21.4 Å². The summed E-state index contributed by atoms with van der Waals surface area (Å²) < 4.78 is 6.94. The Labute approximate surface area is 112 Å². The van der Waals surface area contributed by atoms with Crippen LogP contribution in [0.4, 0.5) is 0 Å². The Morgan fingerprint density at radius 3 is 2.45 bits per heavy atom. The molecule has 0 bridgehead atoms. The molecule has 9 nitrogen and oxygen atoms in total. The molecule has 0 radical (unpaired) electrons. The maximum atomic E-state index is 12.1. The summed E-state index contributed by atoms with van der Waals surface area (Å²) in [5.74, 6) is 0. The van der Waals surface area contributed by atoms with E-state index in [1.807, 2.05) is 0 Å². The van der Waals surface area contributed by atoms with Crippen molar-refractivity contribution in [2.75, 3.05) is 13.2 Å². The van der Waals surface area contributed by atoms with Gasteiger partial charge in [-0.05, 0) is 0 Å². The van der Waals surface area contributed by atoms with E-state index < -0.39 is 49.0 Å². The van der Waals surface area contributed by atoms with E-state index in [9.17, 15) is 19.8 Å². The average Bonchev–Trinajstić information content (AvgIpc) is 2.71. The first-order valence-corrected chi connectivity index (χ1v) is 6.06. The summed E-state index contributed by atoms with van der Waals surface area (Å²) in [6.07, 6.45) is -3.83. The molecule has 9 heteroatoms. The van der Waals surface area contributed by atoms with E-state index in [1.165, 1.54) is 0 Å². The second-order valence-electron chi connectivity index (χ2n) is 4.45. The van der Waals surface area contributed by atoms with Crippen LogP contribution in [-0.2, 0) is 11.3 Å². The Balaban J connectivity index is 2.42. The zero-order chi connectivity index (χ0) is 14.9. The van der Waals surface area contributed by atoms with Crippen molar-refractivity contribution in [2.45, 2.75) is 31.1 Å². The fourth-order valence-electron chi connectivity index (χ4n) is 2.14. The van der Waals surface area contributed by atoms with Crippen molar-refractivity contribution < 1.29 is 25.2 Å². The Morgan fingerprint density at radius 1 is 1.20 bits per heavy atom. The van der Waals surface area contributed by atoms with Crippen LogP contribution in [0.2, 0.25) is 0 Å². The molecule has 1 aromatic heterocycles. The molecule has 20 heavy (non-hydrogen) atoms. The van der Waals surface area contributed by atoms with Crippen LogP contribution in [0.5, 0.6) is 0 Å². The van der Waals surface area contributed by atoms with Crippen molar-refractivity contribution in [3.05, 3.63) is 33.1 Å². The van der Waals surface area contributed by atoms with Crippen LogP contribution in [0.25, 0.3) is 0 Å². The van der Waals surface area contributed by atoms with Crippen LogP contribution < -0.4 is 11.2 Å². The van der Waals surface area contributed by atoms with Gasteiger partial charge in [-0.15, -0.1) is 0 Å². The number of ether oxygens (including phenoxy) is 1. The molecular formula is C11H16N2O7. The summed E-state index contributed by atoms with van der Waals surface area (Å²) in [6.45, 7) is -1.10. The highest BCUT2D eigenvalue weighted by Gasteiger charge is 2.43. The second-order valence-corrected chi connectivity index (χ2v) is 4.45. The van der Waals surface area contributed by atoms with E-state index in [0.29, 0.717) is 0 Å². The first-order valence-electron chi connectivity index (χ1n) is 6.06. The lowest BCUT2D eigenvalue weighted by molar-refractivity contribution is -0.0556. The number of hydrogen-bond acceptors (Lipinski definition) is 7. The molecule has 0 spiro atoms. The first kappa shape index (κ1) is 14.9. The van der Waals surface area contributed by atoms with Gasteiger partial charge < -0.3 is 25.2 Å². The van der Waals surface area contributed by atoms with Gasteiger partial charge in [0, 0.05) is 12.3 Å². The molecule has 0 saturated carbocycles. The van der Waals surface area contributed by atoms with Gasteiger partial charge in [0.15, 0.2) is 6.23 Å². The van der Waals surface area contributed by atoms with Crippen LogP contribution in [0.3, 0.4) is 0 Å². The molecule has 112 valence electrons. The Morgan fingerprint density at radius 2 is 1.90 bits per heavy atom. The van der Waals surface area contributed by atoms with Crippen molar-refractivity contribution in [1.82, 2.24) is 9.13 Å². The molecule has 1 fully saturated rings. The predicted molar refractivity (Wildman–Crippen MR) is 65.1 cm³/mol. The predicted octanol–water partition coefficient (Wildman–Crippen LogP) is -3.39. The van der Waals surface area contributed by atoms with Gasteiger partial charge in [0.1, 0.15) is 18.3 Å². The number of aromatic nitrogens is 2. The lowest BCUT2D eigenvalue weighted by Gasteiger charge is -2.18. The fraction of sp³-hybridized carbons (Fsp3) is 0.636. The summed E-state index contributed by atoms with van der Waals surface area (Å²) in [6, 6.07) is 1.09. The van der Waals surface area contributed by atoms with Gasteiger partial charge in [0.05, 0.1) is 19.8 Å². The van der Waals surface area contributed by atoms with Crippen molar-refractivity contribution >= 4 is 0 Å². The molecule has 2 unspecified atom stereocenters. The van der Waals surface area contributed by atoms with E-state index in [2.05, 4.69) is 0 Å². The SMILES string of the molecule is O=c1ccn([C@H]2O[C@@H](CO)C(O)C2O)c(=O)n1CCO. The molecule has 2 heterocycles. The highest BCUT2D eigenvalue weighted by Crippen LogP contribution is 2.27. The topological polar surface area (TPSA) is 134 Å². The highest BCUT2D eigenvalue weighted by atomic mass is 16.6. The van der Waals surface area contributed by atoms with Gasteiger partial charge in [0.25, 0.3) is 5.56 Å². The quantitative estimate of drug-likeness (QED) is 0.454. The zero-order valence-electron chi connectivity index (χ0n) is 10.5. The van der Waals surface area contributed by atoms with Crippen LogP contribution >= 0.6 is 0 Å². The third-order valence-corrected chi connectivity index (χ3v) is 3.21. The number of aliphatic hydroxyl groups is 4. The lowest BCUT2D eigenvalue weighted by Crippen LogP contribution is -2.43. The number of aliphatic hydroxyl groups excluding tert-OH is 4. The molecule has 4 N–H and O–H groups in total. The van der Waals surface area contributed by atoms with Gasteiger partial charge in [-0.2, -0.15) is 0 Å². The van der Waals surface area contributed by atoms with Gasteiger partial charge >= 0.3 is 5.69 Å². The number of hydrogen-bond donors (Lipinski definition) is 4. The largest absolute Gasteiger partial charge is 0.395 e. The van der Waals surface area contributed by atoms with Crippen molar-refractivity contribution in [2.24, 2.45) is 0 Å². The third kappa shape index (κ3) is 2.41. The normalized spacial score (nSPS) is 29.8. The molecule has 1 aliphatic heterocycles. The van der Waals surface area contributed by atoms with Gasteiger partial charge in [-0.3, -0.25) is 13.9 Å². The van der Waals surface area contributed by atoms with Gasteiger partial charge in [-0.25, -0.2) is 4.79 Å². The third-order valence-electron chi connectivity index (χ3n) is 3.21. The smallest absolute Gasteiger partial charge is 0.333 e. The van der Waals surface area contributed by atoms with Crippen molar-refractivity contribution in [3.63, 3.8) is 0 Å². The van der Waals surface area contributed by atoms with E-state index in [1.54, 1.807) is 0 Å². The first-order chi connectivity index (χ1) is 9.51. The molecule has 1 aliphatic rings. The van der Waals surface area contributed by atoms with E-state index in [-0.39, 0.29) is 6.54 Å². The van der Waals surface area contributed by atoms with Crippen LogP contribution in [-0.4, -0.2) is 61.1 Å². The van der Waals surface area contributed by atoms with Crippen molar-refractivity contribution in [1.29, 1.82) is 0 Å². The monoisotopic (exact) mass is 288 g/mol. The minimum absolute atomic E-state index is 0.187.